The Bertz CT molecular complexity index is 810. The third-order valence-electron chi connectivity index (χ3n) is 4.18. The number of fused-ring (bicyclic) bond motifs is 1. The van der Waals surface area contributed by atoms with Crippen LogP contribution in [-0.4, -0.2) is 28.9 Å². The Morgan fingerprint density at radius 3 is 2.46 bits per heavy atom. The zero-order valence-electron chi connectivity index (χ0n) is 15.4. The number of rotatable bonds is 4. The molecular weight excluding hydrogens is 344 g/mol. The van der Waals surface area contributed by atoms with Gasteiger partial charge in [0, 0.05) is 28.2 Å². The van der Waals surface area contributed by atoms with Gasteiger partial charge in [0.15, 0.2) is 0 Å². The van der Waals surface area contributed by atoms with E-state index in [0.717, 1.165) is 12.1 Å². The van der Waals surface area contributed by atoms with Gasteiger partial charge in [-0.15, -0.1) is 11.8 Å². The lowest BCUT2D eigenvalue weighted by molar-refractivity contribution is -0.113. The number of hydrogen-bond acceptors (Lipinski definition) is 3. The number of amides is 2. The molecule has 0 aliphatic carbocycles. The Morgan fingerprint density at radius 1 is 1.08 bits per heavy atom. The second-order valence-electron chi connectivity index (χ2n) is 7.36. The number of thioether (sulfide) groups is 1. The molecule has 26 heavy (non-hydrogen) atoms. The molecule has 0 fully saturated rings. The number of carbonyl (C=O) groups excluding carboxylic acids is 2. The Kier molecular flexibility index (Phi) is 5.37. The molecule has 1 N–H and O–H groups in total. The lowest BCUT2D eigenvalue weighted by atomic mass is 10.1. The van der Waals surface area contributed by atoms with E-state index in [4.69, 9.17) is 0 Å². The third-order valence-corrected chi connectivity index (χ3v) is 5.46. The Balaban J connectivity index is 1.63. The van der Waals surface area contributed by atoms with Crippen LogP contribution in [0.2, 0.25) is 0 Å². The van der Waals surface area contributed by atoms with Crippen molar-refractivity contribution in [3.63, 3.8) is 0 Å². The van der Waals surface area contributed by atoms with Crippen molar-refractivity contribution in [2.24, 2.45) is 0 Å². The lowest BCUT2D eigenvalue weighted by Gasteiger charge is -2.18. The van der Waals surface area contributed by atoms with Crippen molar-refractivity contribution in [3.05, 3.63) is 59.7 Å². The molecular formula is C21H24N2O2S. The summed E-state index contributed by atoms with van der Waals surface area (Å²) in [6.45, 7) is 6.96. The van der Waals surface area contributed by atoms with Crippen LogP contribution in [-0.2, 0) is 11.2 Å². The predicted molar refractivity (Wildman–Crippen MR) is 109 cm³/mol. The molecule has 2 amide bonds. The fraction of sp³-hybridized carbons (Fsp3) is 0.333. The molecule has 0 atom stereocenters. The molecule has 1 heterocycles. The van der Waals surface area contributed by atoms with Gasteiger partial charge < -0.3 is 10.2 Å². The lowest BCUT2D eigenvalue weighted by Crippen LogP contribution is -2.28. The number of anilines is 2. The summed E-state index contributed by atoms with van der Waals surface area (Å²) in [5, 5.41) is 2.88. The molecule has 2 aromatic rings. The van der Waals surface area contributed by atoms with Crippen molar-refractivity contribution in [3.8, 4) is 0 Å². The molecule has 0 spiro atoms. The highest BCUT2D eigenvalue weighted by Gasteiger charge is 2.25. The summed E-state index contributed by atoms with van der Waals surface area (Å²) in [5.74, 6) is 0.378. The van der Waals surface area contributed by atoms with E-state index in [2.05, 4.69) is 32.2 Å². The molecule has 2 aromatic carbocycles. The summed E-state index contributed by atoms with van der Waals surface area (Å²) in [6.07, 6.45) is 0.890. The normalized spacial score (nSPS) is 13.4. The van der Waals surface area contributed by atoms with E-state index in [9.17, 15) is 9.59 Å². The van der Waals surface area contributed by atoms with Crippen LogP contribution in [0.15, 0.2) is 48.5 Å². The van der Waals surface area contributed by atoms with Gasteiger partial charge in [0.2, 0.25) is 5.91 Å². The quantitative estimate of drug-likeness (QED) is 0.872. The van der Waals surface area contributed by atoms with E-state index < -0.39 is 0 Å². The first-order valence-corrected chi connectivity index (χ1v) is 9.76. The summed E-state index contributed by atoms with van der Waals surface area (Å²) in [5.41, 5.74) is 3.54. The summed E-state index contributed by atoms with van der Waals surface area (Å²) in [6, 6.07) is 15.1. The summed E-state index contributed by atoms with van der Waals surface area (Å²) >= 11 is 1.61. The van der Waals surface area contributed by atoms with Crippen LogP contribution in [0.4, 0.5) is 11.4 Å². The minimum absolute atomic E-state index is 0.00360. The molecule has 136 valence electrons. The van der Waals surface area contributed by atoms with Crippen molar-refractivity contribution >= 4 is 35.0 Å². The average Bonchev–Trinajstić information content (AvgIpc) is 3.03. The van der Waals surface area contributed by atoms with Crippen LogP contribution in [0.5, 0.6) is 0 Å². The van der Waals surface area contributed by atoms with Crippen LogP contribution in [0.25, 0.3) is 0 Å². The minimum atomic E-state index is -0.0301. The number of para-hydroxylation sites is 1. The number of nitrogens with one attached hydrogen (secondary N) is 1. The van der Waals surface area contributed by atoms with E-state index >= 15 is 0 Å². The third kappa shape index (κ3) is 4.47. The van der Waals surface area contributed by atoms with Gasteiger partial charge >= 0.3 is 0 Å². The van der Waals surface area contributed by atoms with Crippen LogP contribution in [0.1, 0.15) is 36.7 Å². The number of nitrogens with zero attached hydrogens (tertiary/aromatic N) is 1. The molecule has 0 saturated heterocycles. The summed E-state index contributed by atoms with van der Waals surface area (Å²) in [7, 11) is 0. The van der Waals surface area contributed by atoms with Gasteiger partial charge in [0.25, 0.3) is 5.91 Å². The molecule has 1 aliphatic heterocycles. The van der Waals surface area contributed by atoms with Crippen LogP contribution < -0.4 is 10.2 Å². The zero-order chi connectivity index (χ0) is 18.7. The van der Waals surface area contributed by atoms with Crippen molar-refractivity contribution in [2.45, 2.75) is 31.9 Å². The molecule has 0 unspecified atom stereocenters. The topological polar surface area (TPSA) is 49.4 Å². The number of benzene rings is 2. The minimum Gasteiger partial charge on any atom is -0.325 e. The van der Waals surface area contributed by atoms with Gasteiger partial charge in [-0.05, 0) is 42.3 Å². The average molecular weight is 369 g/mol. The molecule has 3 rings (SSSR count). The van der Waals surface area contributed by atoms with Crippen LogP contribution in [0, 0.1) is 0 Å². The second kappa shape index (κ2) is 7.54. The highest BCUT2D eigenvalue weighted by Crippen LogP contribution is 2.29. The van der Waals surface area contributed by atoms with Crippen molar-refractivity contribution in [1.82, 2.24) is 0 Å². The van der Waals surface area contributed by atoms with E-state index in [0.29, 0.717) is 23.5 Å². The van der Waals surface area contributed by atoms with Gasteiger partial charge in [-0.25, -0.2) is 0 Å². The van der Waals surface area contributed by atoms with Gasteiger partial charge in [-0.2, -0.15) is 0 Å². The molecule has 0 bridgehead atoms. The van der Waals surface area contributed by atoms with E-state index in [1.165, 1.54) is 5.56 Å². The predicted octanol–water partition coefficient (Wildman–Crippen LogP) is 4.36. The Morgan fingerprint density at radius 2 is 1.77 bits per heavy atom. The Labute approximate surface area is 159 Å². The van der Waals surface area contributed by atoms with Crippen molar-refractivity contribution < 1.29 is 9.59 Å². The maximum atomic E-state index is 12.8. The number of carbonyl (C=O) groups is 2. The van der Waals surface area contributed by atoms with Gasteiger partial charge in [-0.1, -0.05) is 39.0 Å². The monoisotopic (exact) mass is 368 g/mol. The first-order valence-electron chi connectivity index (χ1n) is 8.77. The molecule has 1 aliphatic rings. The Hall–Kier alpha value is -2.27. The largest absolute Gasteiger partial charge is 0.325 e. The number of hydrogen-bond donors (Lipinski definition) is 1. The van der Waals surface area contributed by atoms with E-state index in [-0.39, 0.29) is 16.6 Å². The van der Waals surface area contributed by atoms with Crippen LogP contribution in [0.3, 0.4) is 0 Å². The molecule has 0 radical (unpaired) electrons. The SMILES string of the molecule is CC(C)(C)SCC(=O)Nc1ccc(C(=O)N2CCc3ccccc32)cc1. The highest BCUT2D eigenvalue weighted by molar-refractivity contribution is 8.01. The van der Waals surface area contributed by atoms with Gasteiger partial charge in [0.1, 0.15) is 0 Å². The molecule has 0 aromatic heterocycles. The maximum Gasteiger partial charge on any atom is 0.258 e. The maximum absolute atomic E-state index is 12.8. The van der Waals surface area contributed by atoms with Crippen molar-refractivity contribution in [2.75, 3.05) is 22.5 Å². The molecule has 5 heteroatoms. The van der Waals surface area contributed by atoms with Gasteiger partial charge in [-0.3, -0.25) is 9.59 Å². The second-order valence-corrected chi connectivity index (χ2v) is 9.16. The van der Waals surface area contributed by atoms with Gasteiger partial charge in [0.05, 0.1) is 5.75 Å². The standard InChI is InChI=1S/C21H24N2O2S/c1-21(2,3)26-14-19(24)22-17-10-8-16(9-11-17)20(25)23-13-12-15-6-4-5-7-18(15)23/h4-11H,12-14H2,1-3H3,(H,22,24). The summed E-state index contributed by atoms with van der Waals surface area (Å²) in [4.78, 5) is 26.6. The van der Waals surface area contributed by atoms with E-state index in [1.807, 2.05) is 23.1 Å². The molecule has 4 nitrogen and oxygen atoms in total. The first kappa shape index (κ1) is 18.5. The van der Waals surface area contributed by atoms with Crippen LogP contribution >= 0.6 is 11.8 Å². The fourth-order valence-electron chi connectivity index (χ4n) is 2.88. The fourth-order valence-corrected chi connectivity index (χ4v) is 3.52. The smallest absolute Gasteiger partial charge is 0.258 e. The summed E-state index contributed by atoms with van der Waals surface area (Å²) < 4.78 is 0.0552. The first-order chi connectivity index (χ1) is 12.3. The highest BCUT2D eigenvalue weighted by atomic mass is 32.2. The van der Waals surface area contributed by atoms with Crippen molar-refractivity contribution in [1.29, 1.82) is 0 Å². The van der Waals surface area contributed by atoms with E-state index in [1.54, 1.807) is 36.0 Å². The zero-order valence-corrected chi connectivity index (χ0v) is 16.2. The molecule has 0 saturated carbocycles.